The molecular formula is C21H21N2OS+. The molecule has 0 spiro atoms. The first-order valence-corrected chi connectivity index (χ1v) is 9.26. The molecule has 0 fully saturated rings. The fourth-order valence-corrected chi connectivity index (χ4v) is 4.36. The Morgan fingerprint density at radius 1 is 1.12 bits per heavy atom. The lowest BCUT2D eigenvalue weighted by atomic mass is 10.2. The quantitative estimate of drug-likeness (QED) is 0.638. The van der Waals surface area contributed by atoms with E-state index in [2.05, 4.69) is 78.0 Å². The molecule has 0 radical (unpaired) electrons. The molecule has 2 aromatic carbocycles. The Morgan fingerprint density at radius 2 is 1.96 bits per heavy atom. The Morgan fingerprint density at radius 3 is 2.76 bits per heavy atom. The minimum absolute atomic E-state index is 0.891. The Balaban J connectivity index is 1.78. The van der Waals surface area contributed by atoms with Gasteiger partial charge in [-0.3, -0.25) is 0 Å². The molecule has 1 aliphatic heterocycles. The number of nitrogens with zero attached hydrogens (tertiary/aromatic N) is 2. The van der Waals surface area contributed by atoms with Crippen LogP contribution in [-0.2, 0) is 6.54 Å². The van der Waals surface area contributed by atoms with Crippen LogP contribution in [0.5, 0.6) is 5.75 Å². The molecule has 0 bridgehead atoms. The lowest BCUT2D eigenvalue weighted by Gasteiger charge is -2.14. The summed E-state index contributed by atoms with van der Waals surface area (Å²) in [7, 11) is 3.82. The van der Waals surface area contributed by atoms with Gasteiger partial charge in [0, 0.05) is 41.6 Å². The maximum atomic E-state index is 5.37. The number of anilines is 1. The van der Waals surface area contributed by atoms with Crippen LogP contribution in [0, 0.1) is 0 Å². The van der Waals surface area contributed by atoms with E-state index in [0.29, 0.717) is 0 Å². The van der Waals surface area contributed by atoms with Crippen molar-refractivity contribution in [3.63, 3.8) is 0 Å². The second kappa shape index (κ2) is 6.45. The van der Waals surface area contributed by atoms with Gasteiger partial charge in [-0.1, -0.05) is 23.9 Å². The van der Waals surface area contributed by atoms with Crippen LogP contribution in [0.25, 0.3) is 17.0 Å². The van der Waals surface area contributed by atoms with Gasteiger partial charge in [0.25, 0.3) is 0 Å². The molecule has 0 N–H and O–H groups in total. The number of aromatic nitrogens is 1. The van der Waals surface area contributed by atoms with E-state index in [4.69, 9.17) is 4.74 Å². The average molecular weight is 349 g/mol. The highest BCUT2D eigenvalue weighted by Gasteiger charge is 2.24. The van der Waals surface area contributed by atoms with Gasteiger partial charge in [-0.05, 0) is 31.2 Å². The number of fused-ring (bicyclic) bond motifs is 2. The minimum Gasteiger partial charge on any atom is -0.497 e. The van der Waals surface area contributed by atoms with Crippen LogP contribution in [0.15, 0.2) is 64.5 Å². The Hall–Kier alpha value is -2.46. The number of rotatable bonds is 3. The topological polar surface area (TPSA) is 16.4 Å². The van der Waals surface area contributed by atoms with Crippen molar-refractivity contribution < 1.29 is 9.30 Å². The minimum atomic E-state index is 0.891. The molecule has 1 aliphatic rings. The number of hydrogen-bond donors (Lipinski definition) is 0. The second-order valence-electron chi connectivity index (χ2n) is 6.04. The molecule has 1 aromatic heterocycles. The van der Waals surface area contributed by atoms with Gasteiger partial charge in [-0.25, -0.2) is 0 Å². The highest BCUT2D eigenvalue weighted by Crippen LogP contribution is 2.46. The third-order valence-electron chi connectivity index (χ3n) is 4.63. The molecule has 2 heterocycles. The largest absolute Gasteiger partial charge is 0.497 e. The monoisotopic (exact) mass is 349 g/mol. The summed E-state index contributed by atoms with van der Waals surface area (Å²) in [5, 5.41) is 2.49. The molecule has 3 nitrogen and oxygen atoms in total. The molecule has 0 unspecified atom stereocenters. The van der Waals surface area contributed by atoms with Gasteiger partial charge in [0.1, 0.15) is 12.3 Å². The third kappa shape index (κ3) is 2.76. The number of aryl methyl sites for hydroxylation is 1. The van der Waals surface area contributed by atoms with Crippen LogP contribution in [0.4, 0.5) is 5.69 Å². The van der Waals surface area contributed by atoms with Crippen molar-refractivity contribution in [1.82, 2.24) is 0 Å². The summed E-state index contributed by atoms with van der Waals surface area (Å²) in [4.78, 5) is 3.50. The van der Waals surface area contributed by atoms with Crippen molar-refractivity contribution in [2.24, 2.45) is 0 Å². The highest BCUT2D eigenvalue weighted by atomic mass is 32.2. The average Bonchev–Trinajstić information content (AvgIpc) is 2.96. The summed E-state index contributed by atoms with van der Waals surface area (Å²) >= 11 is 1.80. The Labute approximate surface area is 152 Å². The molecule has 0 atom stereocenters. The van der Waals surface area contributed by atoms with Gasteiger partial charge in [0.2, 0.25) is 11.2 Å². The van der Waals surface area contributed by atoms with Crippen molar-refractivity contribution in [3.05, 3.63) is 65.3 Å². The van der Waals surface area contributed by atoms with E-state index in [1.54, 1.807) is 18.9 Å². The first-order chi connectivity index (χ1) is 12.2. The predicted octanol–water partition coefficient (Wildman–Crippen LogP) is 4.70. The summed E-state index contributed by atoms with van der Waals surface area (Å²) in [6.07, 6.45) is 2.27. The number of thioether (sulfide) groups is 1. The summed E-state index contributed by atoms with van der Waals surface area (Å²) in [5.74, 6) is 0.891. The van der Waals surface area contributed by atoms with Crippen LogP contribution in [0.2, 0.25) is 0 Å². The van der Waals surface area contributed by atoms with Gasteiger partial charge in [0.15, 0.2) is 0 Å². The highest BCUT2D eigenvalue weighted by molar-refractivity contribution is 8.03. The van der Waals surface area contributed by atoms with E-state index in [1.807, 2.05) is 6.07 Å². The van der Waals surface area contributed by atoms with Crippen LogP contribution < -0.4 is 14.2 Å². The van der Waals surface area contributed by atoms with E-state index in [9.17, 15) is 0 Å². The third-order valence-corrected chi connectivity index (χ3v) is 5.80. The zero-order valence-electron chi connectivity index (χ0n) is 14.7. The van der Waals surface area contributed by atoms with Crippen LogP contribution in [0.3, 0.4) is 0 Å². The van der Waals surface area contributed by atoms with E-state index >= 15 is 0 Å². The maximum absolute atomic E-state index is 5.37. The smallest absolute Gasteiger partial charge is 0.212 e. The van der Waals surface area contributed by atoms with Crippen molar-refractivity contribution in [1.29, 1.82) is 0 Å². The second-order valence-corrected chi connectivity index (χ2v) is 7.10. The molecule has 25 heavy (non-hydrogen) atoms. The number of pyridine rings is 1. The van der Waals surface area contributed by atoms with Gasteiger partial charge >= 0.3 is 0 Å². The SMILES string of the molecule is CC[n+]1c(C=C2Sc3ccc(OC)cc3N2C)ccc2ccccc21. The van der Waals surface area contributed by atoms with Gasteiger partial charge < -0.3 is 9.64 Å². The predicted molar refractivity (Wildman–Crippen MR) is 105 cm³/mol. The zero-order chi connectivity index (χ0) is 17.4. The van der Waals surface area contributed by atoms with E-state index in [-0.39, 0.29) is 0 Å². The first-order valence-electron chi connectivity index (χ1n) is 8.44. The number of para-hydroxylation sites is 1. The number of ether oxygens (including phenoxy) is 1. The Bertz CT molecular complexity index is 981. The summed E-state index contributed by atoms with van der Waals surface area (Å²) < 4.78 is 7.73. The van der Waals surface area contributed by atoms with Crippen LogP contribution in [-0.4, -0.2) is 14.2 Å². The molecule has 4 heteroatoms. The van der Waals surface area contributed by atoms with Crippen molar-refractivity contribution in [2.45, 2.75) is 18.4 Å². The van der Waals surface area contributed by atoms with Crippen molar-refractivity contribution in [2.75, 3.05) is 19.1 Å². The zero-order valence-corrected chi connectivity index (χ0v) is 15.5. The summed E-state index contributed by atoms with van der Waals surface area (Å²) in [6, 6.07) is 19.2. The van der Waals surface area contributed by atoms with Gasteiger partial charge in [-0.2, -0.15) is 4.57 Å². The first kappa shape index (κ1) is 16.0. The molecule has 4 rings (SSSR count). The number of hydrogen-bond acceptors (Lipinski definition) is 3. The number of methoxy groups -OCH3 is 1. The Kier molecular flexibility index (Phi) is 4.14. The molecule has 3 aromatic rings. The standard InChI is InChI=1S/C21H21N2OS/c1-4-23-16(10-9-15-7-5-6-8-18(15)23)13-21-22(2)19-14-17(24-3)11-12-20(19)25-21/h5-14H,4H2,1-3H3/q+1. The van der Waals surface area contributed by atoms with Crippen LogP contribution >= 0.6 is 11.8 Å². The molecule has 0 amide bonds. The fourth-order valence-electron chi connectivity index (χ4n) is 3.28. The molecule has 0 saturated carbocycles. The van der Waals surface area contributed by atoms with E-state index < -0.39 is 0 Å². The van der Waals surface area contributed by atoms with Crippen molar-refractivity contribution in [3.8, 4) is 5.75 Å². The lowest BCUT2D eigenvalue weighted by molar-refractivity contribution is -0.669. The fraction of sp³-hybridized carbons (Fsp3) is 0.190. The van der Waals surface area contributed by atoms with Crippen molar-refractivity contribution >= 4 is 34.4 Å². The lowest BCUT2D eigenvalue weighted by Crippen LogP contribution is -2.36. The summed E-state index contributed by atoms with van der Waals surface area (Å²) in [5.41, 5.74) is 3.68. The molecule has 0 saturated heterocycles. The molecule has 0 aliphatic carbocycles. The van der Waals surface area contributed by atoms with E-state index in [1.165, 1.54) is 32.2 Å². The summed E-state index contributed by atoms with van der Waals surface area (Å²) in [6.45, 7) is 3.13. The van der Waals surface area contributed by atoms with Gasteiger partial charge in [0.05, 0.1) is 17.8 Å². The maximum Gasteiger partial charge on any atom is 0.212 e. The van der Waals surface area contributed by atoms with Gasteiger partial charge in [-0.15, -0.1) is 0 Å². The normalized spacial score (nSPS) is 15.0. The van der Waals surface area contributed by atoms with E-state index in [0.717, 1.165) is 12.3 Å². The van der Waals surface area contributed by atoms with Crippen LogP contribution in [0.1, 0.15) is 12.6 Å². The molecule has 126 valence electrons. The number of benzene rings is 2. The molecular weight excluding hydrogens is 328 g/mol.